The van der Waals surface area contributed by atoms with Crippen molar-refractivity contribution in [2.45, 2.75) is 6.54 Å². The number of methoxy groups -OCH3 is 1. The summed E-state index contributed by atoms with van der Waals surface area (Å²) in [6.45, 7) is 1.89. The van der Waals surface area contributed by atoms with Gasteiger partial charge < -0.3 is 20.3 Å². The first-order chi connectivity index (χ1) is 13.4. The van der Waals surface area contributed by atoms with Crippen molar-refractivity contribution in [2.24, 2.45) is 0 Å². The Morgan fingerprint density at radius 2 is 1.93 bits per heavy atom. The van der Waals surface area contributed by atoms with Gasteiger partial charge >= 0.3 is 0 Å². The molecule has 8 nitrogen and oxygen atoms in total. The SMILES string of the molecule is COc1ccc(Cl)cc1C[NH+](C)CC(=O)NCCNc1ccc([N+](=O)[O-])cc1. The maximum atomic E-state index is 12.1. The number of carbonyl (C=O) groups is 1. The second kappa shape index (κ2) is 10.5. The molecule has 0 saturated heterocycles. The molecule has 0 heterocycles. The zero-order valence-corrected chi connectivity index (χ0v) is 16.6. The predicted molar refractivity (Wildman–Crippen MR) is 108 cm³/mol. The lowest BCUT2D eigenvalue weighted by atomic mass is 10.2. The number of carbonyl (C=O) groups excluding carboxylic acids is 1. The van der Waals surface area contributed by atoms with Crippen LogP contribution in [0.4, 0.5) is 11.4 Å². The molecule has 0 spiro atoms. The molecule has 0 saturated carbocycles. The summed E-state index contributed by atoms with van der Waals surface area (Å²) < 4.78 is 5.33. The highest BCUT2D eigenvalue weighted by Crippen LogP contribution is 2.21. The molecule has 0 fully saturated rings. The summed E-state index contributed by atoms with van der Waals surface area (Å²) in [4.78, 5) is 23.3. The highest BCUT2D eigenvalue weighted by Gasteiger charge is 2.13. The molecule has 2 rings (SSSR count). The summed E-state index contributed by atoms with van der Waals surface area (Å²) in [7, 11) is 3.53. The Hall–Kier alpha value is -2.84. The standard InChI is InChI=1S/C19H23ClN4O4/c1-23(12-14-11-15(20)3-8-18(14)28-2)13-19(25)22-10-9-21-16-4-6-17(7-5-16)24(26)27/h3-8,11,21H,9-10,12-13H2,1-2H3,(H,22,25)/p+1. The Balaban J connectivity index is 1.72. The van der Waals surface area contributed by atoms with Crippen LogP contribution in [-0.4, -0.2) is 44.6 Å². The minimum absolute atomic E-state index is 0.0428. The molecule has 28 heavy (non-hydrogen) atoms. The smallest absolute Gasteiger partial charge is 0.275 e. The number of amides is 1. The van der Waals surface area contributed by atoms with E-state index < -0.39 is 4.92 Å². The monoisotopic (exact) mass is 407 g/mol. The predicted octanol–water partition coefficient (Wildman–Crippen LogP) is 1.50. The number of anilines is 1. The van der Waals surface area contributed by atoms with E-state index in [0.29, 0.717) is 31.2 Å². The van der Waals surface area contributed by atoms with Crippen LogP contribution in [0, 0.1) is 10.1 Å². The zero-order chi connectivity index (χ0) is 20.5. The second-order valence-corrected chi connectivity index (χ2v) is 6.78. The van der Waals surface area contributed by atoms with Gasteiger partial charge in [0.1, 0.15) is 12.3 Å². The van der Waals surface area contributed by atoms with Gasteiger partial charge in [-0.05, 0) is 30.3 Å². The van der Waals surface area contributed by atoms with Gasteiger partial charge in [0, 0.05) is 41.5 Å². The summed E-state index contributed by atoms with van der Waals surface area (Å²) in [5.41, 5.74) is 1.75. The fourth-order valence-corrected chi connectivity index (χ4v) is 2.91. The molecule has 0 aliphatic carbocycles. The van der Waals surface area contributed by atoms with Crippen LogP contribution in [0.15, 0.2) is 42.5 Å². The molecule has 1 unspecified atom stereocenters. The van der Waals surface area contributed by atoms with Gasteiger partial charge in [-0.15, -0.1) is 0 Å². The summed E-state index contributed by atoms with van der Waals surface area (Å²) in [6.07, 6.45) is 0. The minimum Gasteiger partial charge on any atom is -0.496 e. The number of halogens is 1. The van der Waals surface area contributed by atoms with Crippen molar-refractivity contribution in [3.8, 4) is 5.75 Å². The summed E-state index contributed by atoms with van der Waals surface area (Å²) >= 11 is 6.04. The average molecular weight is 408 g/mol. The van der Waals surface area contributed by atoms with E-state index in [4.69, 9.17) is 16.3 Å². The lowest BCUT2D eigenvalue weighted by molar-refractivity contribution is -0.885. The van der Waals surface area contributed by atoms with Crippen molar-refractivity contribution in [3.05, 3.63) is 63.2 Å². The average Bonchev–Trinajstić information content (AvgIpc) is 2.65. The van der Waals surface area contributed by atoms with Crippen molar-refractivity contribution in [3.63, 3.8) is 0 Å². The van der Waals surface area contributed by atoms with Crippen LogP contribution in [0.1, 0.15) is 5.56 Å². The third-order valence-electron chi connectivity index (χ3n) is 4.05. The largest absolute Gasteiger partial charge is 0.496 e. The van der Waals surface area contributed by atoms with E-state index in [1.807, 2.05) is 19.2 Å². The Morgan fingerprint density at radius 3 is 2.57 bits per heavy atom. The number of nitro benzene ring substituents is 1. The van der Waals surface area contributed by atoms with Gasteiger partial charge in [-0.3, -0.25) is 14.9 Å². The van der Waals surface area contributed by atoms with Gasteiger partial charge in [0.05, 0.1) is 19.1 Å². The molecule has 3 N–H and O–H groups in total. The molecule has 9 heteroatoms. The number of nitrogens with zero attached hydrogens (tertiary/aromatic N) is 1. The maximum Gasteiger partial charge on any atom is 0.275 e. The molecule has 0 bridgehead atoms. The Morgan fingerprint density at radius 1 is 1.21 bits per heavy atom. The fraction of sp³-hybridized carbons (Fsp3) is 0.316. The number of nitro groups is 1. The van der Waals surface area contributed by atoms with Gasteiger partial charge in [-0.2, -0.15) is 0 Å². The minimum atomic E-state index is -0.443. The Labute approximate surface area is 168 Å². The first-order valence-electron chi connectivity index (χ1n) is 8.77. The van der Waals surface area contributed by atoms with Crippen LogP contribution >= 0.6 is 11.6 Å². The first-order valence-corrected chi connectivity index (χ1v) is 9.15. The van der Waals surface area contributed by atoms with E-state index in [-0.39, 0.29) is 11.6 Å². The quantitative estimate of drug-likeness (QED) is 0.315. The second-order valence-electron chi connectivity index (χ2n) is 6.35. The topological polar surface area (TPSA) is 97.9 Å². The molecule has 2 aromatic carbocycles. The normalized spacial score (nSPS) is 11.5. The van der Waals surface area contributed by atoms with Gasteiger partial charge in [0.25, 0.3) is 11.6 Å². The molecular weight excluding hydrogens is 384 g/mol. The van der Waals surface area contributed by atoms with E-state index in [1.54, 1.807) is 25.3 Å². The fourth-order valence-electron chi connectivity index (χ4n) is 2.72. The summed E-state index contributed by atoms with van der Waals surface area (Å²) in [5, 5.41) is 17.2. The number of non-ortho nitro benzene ring substituents is 1. The van der Waals surface area contributed by atoms with Crippen LogP contribution in [0.5, 0.6) is 5.75 Å². The van der Waals surface area contributed by atoms with E-state index in [1.165, 1.54) is 12.1 Å². The van der Waals surface area contributed by atoms with E-state index in [0.717, 1.165) is 21.9 Å². The van der Waals surface area contributed by atoms with Gasteiger partial charge in [0.15, 0.2) is 6.54 Å². The van der Waals surface area contributed by atoms with Gasteiger partial charge in [-0.25, -0.2) is 0 Å². The van der Waals surface area contributed by atoms with Crippen molar-refractivity contribution >= 4 is 28.9 Å². The first kappa shape index (κ1) is 21.5. The zero-order valence-electron chi connectivity index (χ0n) is 15.8. The van der Waals surface area contributed by atoms with Gasteiger partial charge in [0.2, 0.25) is 0 Å². The highest BCUT2D eigenvalue weighted by atomic mass is 35.5. The molecule has 0 aliphatic heterocycles. The number of hydrogen-bond acceptors (Lipinski definition) is 5. The molecule has 0 radical (unpaired) electrons. The molecule has 1 atom stereocenters. The van der Waals surface area contributed by atoms with Crippen LogP contribution in [-0.2, 0) is 11.3 Å². The highest BCUT2D eigenvalue weighted by molar-refractivity contribution is 6.30. The molecule has 1 amide bonds. The van der Waals surface area contributed by atoms with Crippen LogP contribution in [0.25, 0.3) is 0 Å². The maximum absolute atomic E-state index is 12.1. The van der Waals surface area contributed by atoms with E-state index >= 15 is 0 Å². The number of likely N-dealkylation sites (N-methyl/N-ethyl adjacent to an activating group) is 1. The van der Waals surface area contributed by atoms with Crippen molar-refractivity contribution in [1.82, 2.24) is 5.32 Å². The molecular formula is C19H24ClN4O4+. The van der Waals surface area contributed by atoms with Crippen LogP contribution in [0.3, 0.4) is 0 Å². The molecule has 0 aliphatic rings. The van der Waals surface area contributed by atoms with Crippen LogP contribution < -0.4 is 20.3 Å². The number of benzene rings is 2. The summed E-state index contributed by atoms with van der Waals surface area (Å²) in [5.74, 6) is 0.681. The molecule has 0 aromatic heterocycles. The lowest BCUT2D eigenvalue weighted by Crippen LogP contribution is -3.08. The van der Waals surface area contributed by atoms with Crippen molar-refractivity contribution < 1.29 is 19.4 Å². The Bertz CT molecular complexity index is 814. The van der Waals surface area contributed by atoms with E-state index in [2.05, 4.69) is 10.6 Å². The van der Waals surface area contributed by atoms with Gasteiger partial charge in [-0.1, -0.05) is 11.6 Å². The number of ether oxygens (including phenoxy) is 1. The number of rotatable bonds is 10. The van der Waals surface area contributed by atoms with Crippen molar-refractivity contribution in [2.75, 3.05) is 39.1 Å². The third-order valence-corrected chi connectivity index (χ3v) is 4.29. The third kappa shape index (κ3) is 6.71. The number of nitrogens with one attached hydrogen (secondary N) is 3. The molecule has 150 valence electrons. The van der Waals surface area contributed by atoms with Crippen molar-refractivity contribution in [1.29, 1.82) is 0 Å². The number of quaternary nitrogens is 1. The lowest BCUT2D eigenvalue weighted by Gasteiger charge is -2.16. The number of hydrogen-bond donors (Lipinski definition) is 3. The summed E-state index contributed by atoms with van der Waals surface area (Å²) in [6, 6.07) is 11.6. The Kier molecular flexibility index (Phi) is 8.03. The van der Waals surface area contributed by atoms with Crippen LogP contribution in [0.2, 0.25) is 5.02 Å². The molecule has 2 aromatic rings. The van der Waals surface area contributed by atoms with E-state index in [9.17, 15) is 14.9 Å².